The molecule has 0 fully saturated rings. The van der Waals surface area contributed by atoms with Gasteiger partial charge in [0.2, 0.25) is 0 Å². The van der Waals surface area contributed by atoms with Gasteiger partial charge in [0.25, 0.3) is 5.91 Å². The van der Waals surface area contributed by atoms with Gasteiger partial charge in [0.15, 0.2) is 5.82 Å². The number of pyridine rings is 1. The van der Waals surface area contributed by atoms with Gasteiger partial charge >= 0.3 is 12.1 Å². The van der Waals surface area contributed by atoms with Crippen molar-refractivity contribution in [3.8, 4) is 11.4 Å². The minimum atomic E-state index is -4.68. The fourth-order valence-electron chi connectivity index (χ4n) is 5.25. The number of methoxy groups -OCH3 is 1. The van der Waals surface area contributed by atoms with E-state index in [9.17, 15) is 35.9 Å². The summed E-state index contributed by atoms with van der Waals surface area (Å²) < 4.78 is 88.2. The number of benzene rings is 3. The Kier molecular flexibility index (Phi) is 9.31. The Balaban J connectivity index is 1.46. The first-order valence-corrected chi connectivity index (χ1v) is 14.3. The van der Waals surface area contributed by atoms with E-state index in [1.54, 1.807) is 37.3 Å². The first kappa shape index (κ1) is 33.1. The number of alkyl halides is 3. The summed E-state index contributed by atoms with van der Waals surface area (Å²) in [6.45, 7) is 3.01. The average Bonchev–Trinajstić information content (AvgIpc) is 3.01. The van der Waals surface area contributed by atoms with Crippen molar-refractivity contribution < 1.29 is 40.7 Å². The van der Waals surface area contributed by atoms with Crippen LogP contribution in [-0.4, -0.2) is 52.2 Å². The predicted octanol–water partition coefficient (Wildman–Crippen LogP) is 6.84. The first-order valence-electron chi connectivity index (χ1n) is 14.3. The zero-order valence-electron chi connectivity index (χ0n) is 25.2. The molecule has 2 aromatic heterocycles. The Morgan fingerprint density at radius 2 is 1.68 bits per heavy atom. The summed E-state index contributed by atoms with van der Waals surface area (Å²) in [5.41, 5.74) is 0.829. The number of carbonyl (C=O) groups is 2. The first-order chi connectivity index (χ1) is 22.3. The van der Waals surface area contributed by atoms with Crippen molar-refractivity contribution in [3.05, 3.63) is 95.1 Å². The molecule has 0 saturated heterocycles. The maximum Gasteiger partial charge on any atom is 0.408 e. The molecule has 0 saturated carbocycles. The molecule has 5 rings (SSSR count). The molecule has 0 spiro atoms. The molecule has 0 aliphatic heterocycles. The summed E-state index contributed by atoms with van der Waals surface area (Å²) in [5, 5.41) is 5.51. The standard InChI is InChI=1S/C33H27F6N5O3/c1-4-27(33(37,38)39)42-19-14-23(35)28(24(36)15-19)31(45)44-26(32(46)47-3)12-17-7-9-22(29-21(17)6-5-11-40-29)30-41-16(2)20-10-8-18(34)13-25(20)43-30/h5-11,13-15,26-27,42H,4,12H2,1-3H3,(H,44,45)/t26-,27+/m0/s1. The molecule has 47 heavy (non-hydrogen) atoms. The minimum absolute atomic E-state index is 0.198. The lowest BCUT2D eigenvalue weighted by Gasteiger charge is -2.22. The Labute approximate surface area is 264 Å². The van der Waals surface area contributed by atoms with Crippen LogP contribution in [0.4, 0.5) is 32.0 Å². The van der Waals surface area contributed by atoms with E-state index in [0.29, 0.717) is 50.8 Å². The lowest BCUT2D eigenvalue weighted by atomic mass is 9.97. The van der Waals surface area contributed by atoms with Gasteiger partial charge in [0.1, 0.15) is 35.1 Å². The number of nitrogens with zero attached hydrogens (tertiary/aromatic N) is 3. The van der Waals surface area contributed by atoms with E-state index in [1.165, 1.54) is 25.3 Å². The monoisotopic (exact) mass is 655 g/mol. The minimum Gasteiger partial charge on any atom is -0.467 e. The number of rotatable bonds is 9. The number of halogens is 6. The molecule has 8 nitrogen and oxygen atoms in total. The normalized spacial score (nSPS) is 13.0. The Hall–Kier alpha value is -5.27. The summed E-state index contributed by atoms with van der Waals surface area (Å²) in [4.78, 5) is 39.4. The second-order valence-electron chi connectivity index (χ2n) is 10.7. The summed E-state index contributed by atoms with van der Waals surface area (Å²) in [5.74, 6) is -5.31. The summed E-state index contributed by atoms with van der Waals surface area (Å²) in [7, 11) is 1.07. The third kappa shape index (κ3) is 6.95. The fraction of sp³-hybridized carbons (Fsp3) is 0.242. The highest BCUT2D eigenvalue weighted by molar-refractivity contribution is 5.99. The lowest BCUT2D eigenvalue weighted by molar-refractivity contribution is -0.143. The van der Waals surface area contributed by atoms with Crippen LogP contribution in [0.1, 0.15) is 35.0 Å². The van der Waals surface area contributed by atoms with Gasteiger partial charge in [-0.3, -0.25) is 9.78 Å². The van der Waals surface area contributed by atoms with Crippen molar-refractivity contribution in [1.82, 2.24) is 20.3 Å². The van der Waals surface area contributed by atoms with Gasteiger partial charge in [-0.2, -0.15) is 13.2 Å². The van der Waals surface area contributed by atoms with Gasteiger partial charge in [-0.1, -0.05) is 19.1 Å². The highest BCUT2D eigenvalue weighted by atomic mass is 19.4. The molecule has 1 amide bonds. The predicted molar refractivity (Wildman–Crippen MR) is 162 cm³/mol. The second-order valence-corrected chi connectivity index (χ2v) is 10.7. The van der Waals surface area contributed by atoms with Crippen molar-refractivity contribution in [2.75, 3.05) is 12.4 Å². The molecule has 2 atom stereocenters. The Bertz CT molecular complexity index is 1980. The number of aromatic nitrogens is 3. The van der Waals surface area contributed by atoms with Crippen LogP contribution in [0.2, 0.25) is 0 Å². The van der Waals surface area contributed by atoms with Crippen molar-refractivity contribution in [2.45, 2.75) is 44.9 Å². The molecule has 0 aliphatic carbocycles. The van der Waals surface area contributed by atoms with Crippen LogP contribution in [-0.2, 0) is 16.0 Å². The van der Waals surface area contributed by atoms with Gasteiger partial charge in [0.05, 0.1) is 18.1 Å². The molecule has 14 heteroatoms. The number of ether oxygens (including phenoxy) is 1. The van der Waals surface area contributed by atoms with Gasteiger partial charge in [-0.05, 0) is 55.3 Å². The molecule has 0 radical (unpaired) electrons. The molecule has 244 valence electrons. The van der Waals surface area contributed by atoms with Crippen molar-refractivity contribution >= 4 is 39.4 Å². The average molecular weight is 656 g/mol. The van der Waals surface area contributed by atoms with Crippen LogP contribution in [0.5, 0.6) is 0 Å². The van der Waals surface area contributed by atoms with Crippen molar-refractivity contribution in [2.24, 2.45) is 0 Å². The molecule has 0 aliphatic rings. The van der Waals surface area contributed by atoms with E-state index < -0.39 is 65.3 Å². The molecular formula is C33H27F6N5O3. The van der Waals surface area contributed by atoms with E-state index in [1.807, 2.05) is 5.32 Å². The molecule has 2 heterocycles. The highest BCUT2D eigenvalue weighted by Crippen LogP contribution is 2.31. The van der Waals surface area contributed by atoms with Gasteiger partial charge in [-0.15, -0.1) is 0 Å². The van der Waals surface area contributed by atoms with Crippen molar-refractivity contribution in [1.29, 1.82) is 0 Å². The number of hydrogen-bond donors (Lipinski definition) is 2. The number of anilines is 1. The summed E-state index contributed by atoms with van der Waals surface area (Å²) in [6.07, 6.45) is -3.75. The zero-order valence-corrected chi connectivity index (χ0v) is 25.2. The number of esters is 1. The maximum absolute atomic E-state index is 15.0. The Morgan fingerprint density at radius 3 is 2.34 bits per heavy atom. The number of fused-ring (bicyclic) bond motifs is 2. The summed E-state index contributed by atoms with van der Waals surface area (Å²) >= 11 is 0. The number of amides is 1. The van der Waals surface area contributed by atoms with E-state index >= 15 is 0 Å². The largest absolute Gasteiger partial charge is 0.467 e. The van der Waals surface area contributed by atoms with E-state index in [-0.39, 0.29) is 12.2 Å². The maximum atomic E-state index is 15.0. The van der Waals surface area contributed by atoms with Crippen LogP contribution in [0.15, 0.2) is 60.8 Å². The quantitative estimate of drug-likeness (QED) is 0.132. The van der Waals surface area contributed by atoms with E-state index in [0.717, 1.165) is 7.11 Å². The zero-order chi connectivity index (χ0) is 34.0. The smallest absolute Gasteiger partial charge is 0.408 e. The number of aryl methyl sites for hydroxylation is 1. The lowest BCUT2D eigenvalue weighted by Crippen LogP contribution is -2.43. The third-order valence-electron chi connectivity index (χ3n) is 7.58. The fourth-order valence-corrected chi connectivity index (χ4v) is 5.25. The second kappa shape index (κ2) is 13.2. The number of hydrogen-bond acceptors (Lipinski definition) is 7. The molecule has 5 aromatic rings. The number of nitrogens with one attached hydrogen (secondary N) is 2. The number of carbonyl (C=O) groups excluding carboxylic acids is 2. The summed E-state index contributed by atoms with van der Waals surface area (Å²) in [6, 6.07) is 8.48. The van der Waals surface area contributed by atoms with Crippen LogP contribution in [0.3, 0.4) is 0 Å². The SMILES string of the molecule is CC[C@@H](Nc1cc(F)c(C(=O)N[C@@H](Cc2ccc(-c3nc(C)c4ccc(F)cc4n3)c3ncccc23)C(=O)OC)c(F)c1)C(F)(F)F. The highest BCUT2D eigenvalue weighted by Gasteiger charge is 2.38. The Morgan fingerprint density at radius 1 is 0.957 bits per heavy atom. The molecule has 0 bridgehead atoms. The molecule has 0 unspecified atom stereocenters. The van der Waals surface area contributed by atoms with E-state index in [2.05, 4.69) is 20.3 Å². The van der Waals surface area contributed by atoms with Gasteiger partial charge in [-0.25, -0.2) is 27.9 Å². The van der Waals surface area contributed by atoms with Crippen LogP contribution in [0.25, 0.3) is 33.2 Å². The molecular weight excluding hydrogens is 628 g/mol. The third-order valence-corrected chi connectivity index (χ3v) is 7.58. The van der Waals surface area contributed by atoms with Crippen LogP contribution in [0, 0.1) is 24.4 Å². The molecule has 2 N–H and O–H groups in total. The van der Waals surface area contributed by atoms with Crippen LogP contribution >= 0.6 is 0 Å². The van der Waals surface area contributed by atoms with Gasteiger partial charge in [0, 0.05) is 46.4 Å². The van der Waals surface area contributed by atoms with Gasteiger partial charge < -0.3 is 15.4 Å². The molecule has 3 aromatic carbocycles. The van der Waals surface area contributed by atoms with Crippen LogP contribution < -0.4 is 10.6 Å². The van der Waals surface area contributed by atoms with E-state index in [4.69, 9.17) is 4.74 Å². The topological polar surface area (TPSA) is 106 Å². The van der Waals surface area contributed by atoms with Crippen molar-refractivity contribution in [3.63, 3.8) is 0 Å².